The van der Waals surface area contributed by atoms with Gasteiger partial charge in [0.2, 0.25) is 0 Å². The van der Waals surface area contributed by atoms with Gasteiger partial charge in [0.25, 0.3) is 0 Å². The third-order valence-electron chi connectivity index (χ3n) is 4.80. The maximum Gasteiger partial charge on any atom is 0.137 e. The molecule has 0 bridgehead atoms. The van der Waals surface area contributed by atoms with E-state index >= 15 is 0 Å². The van der Waals surface area contributed by atoms with E-state index in [1.807, 2.05) is 13.0 Å². The summed E-state index contributed by atoms with van der Waals surface area (Å²) in [5.41, 5.74) is 2.17. The van der Waals surface area contributed by atoms with Crippen LogP contribution in [0.5, 0.6) is 0 Å². The van der Waals surface area contributed by atoms with E-state index < -0.39 is 0 Å². The lowest BCUT2D eigenvalue weighted by molar-refractivity contribution is 0.306. The molecule has 4 heteroatoms. The maximum atomic E-state index is 13.7. The molecule has 0 radical (unpaired) electrons. The summed E-state index contributed by atoms with van der Waals surface area (Å²) in [7, 11) is 0. The average Bonchev–Trinajstić information content (AvgIpc) is 2.49. The van der Waals surface area contributed by atoms with Crippen LogP contribution in [0.15, 0.2) is 16.6 Å². The fourth-order valence-electron chi connectivity index (χ4n) is 3.09. The molecule has 118 valence electrons. The molecule has 1 aliphatic rings. The van der Waals surface area contributed by atoms with Crippen molar-refractivity contribution in [2.75, 3.05) is 18.0 Å². The van der Waals surface area contributed by atoms with Crippen LogP contribution in [0.4, 0.5) is 10.1 Å². The highest BCUT2D eigenvalue weighted by Gasteiger charge is 2.30. The first-order valence-electron chi connectivity index (χ1n) is 7.93. The molecule has 1 aromatic rings. The van der Waals surface area contributed by atoms with Gasteiger partial charge in [0.1, 0.15) is 5.82 Å². The summed E-state index contributed by atoms with van der Waals surface area (Å²) in [5.74, 6) is 0.465. The van der Waals surface area contributed by atoms with Gasteiger partial charge < -0.3 is 10.2 Å². The molecule has 0 amide bonds. The van der Waals surface area contributed by atoms with Crippen molar-refractivity contribution in [3.05, 3.63) is 28.0 Å². The molecule has 1 N–H and O–H groups in total. The predicted molar refractivity (Wildman–Crippen MR) is 91.5 cm³/mol. The number of benzene rings is 1. The van der Waals surface area contributed by atoms with E-state index in [-0.39, 0.29) is 5.82 Å². The second-order valence-electron chi connectivity index (χ2n) is 6.17. The Morgan fingerprint density at radius 3 is 2.76 bits per heavy atom. The Morgan fingerprint density at radius 1 is 1.43 bits per heavy atom. The molecule has 2 rings (SSSR count). The van der Waals surface area contributed by atoms with Gasteiger partial charge in [-0.3, -0.25) is 0 Å². The van der Waals surface area contributed by atoms with Crippen LogP contribution in [0.2, 0.25) is 0 Å². The molecule has 3 atom stereocenters. The molecular weight excluding hydrogens is 331 g/mol. The van der Waals surface area contributed by atoms with Crippen LogP contribution in [0.3, 0.4) is 0 Å². The molecule has 1 aromatic carbocycles. The molecule has 0 aromatic heterocycles. The molecule has 0 spiro atoms. The van der Waals surface area contributed by atoms with Gasteiger partial charge in [-0.2, -0.15) is 0 Å². The minimum atomic E-state index is -0.182. The van der Waals surface area contributed by atoms with Gasteiger partial charge in [-0.05, 0) is 52.9 Å². The van der Waals surface area contributed by atoms with Gasteiger partial charge in [-0.25, -0.2) is 4.39 Å². The number of rotatable bonds is 4. The Morgan fingerprint density at radius 2 is 2.14 bits per heavy atom. The number of anilines is 1. The van der Waals surface area contributed by atoms with Crippen molar-refractivity contribution in [2.45, 2.75) is 52.6 Å². The molecule has 0 saturated carbocycles. The average molecular weight is 357 g/mol. The first-order valence-corrected chi connectivity index (χ1v) is 8.72. The van der Waals surface area contributed by atoms with E-state index in [1.54, 1.807) is 6.07 Å². The monoisotopic (exact) mass is 356 g/mol. The number of nitrogens with one attached hydrogen (secondary N) is 1. The van der Waals surface area contributed by atoms with Crippen molar-refractivity contribution in [2.24, 2.45) is 5.92 Å². The van der Waals surface area contributed by atoms with Crippen LogP contribution in [0, 0.1) is 18.7 Å². The van der Waals surface area contributed by atoms with Crippen LogP contribution < -0.4 is 10.2 Å². The number of nitrogens with zero attached hydrogens (tertiary/aromatic N) is 1. The maximum absolute atomic E-state index is 13.7. The van der Waals surface area contributed by atoms with Crippen molar-refractivity contribution in [1.82, 2.24) is 5.32 Å². The van der Waals surface area contributed by atoms with Crippen LogP contribution in [0.25, 0.3) is 0 Å². The van der Waals surface area contributed by atoms with E-state index in [2.05, 4.69) is 46.9 Å². The summed E-state index contributed by atoms with van der Waals surface area (Å²) in [4.78, 5) is 2.47. The zero-order valence-electron chi connectivity index (χ0n) is 13.4. The molecule has 1 fully saturated rings. The fraction of sp³-hybridized carbons (Fsp3) is 0.647. The van der Waals surface area contributed by atoms with Gasteiger partial charge in [-0.15, -0.1) is 0 Å². The second kappa shape index (κ2) is 7.10. The normalized spacial score (nSPS) is 24.2. The third kappa shape index (κ3) is 3.59. The first-order chi connectivity index (χ1) is 9.97. The number of halogens is 2. The molecular formula is C17H26BrFN2. The highest BCUT2D eigenvalue weighted by molar-refractivity contribution is 9.10. The number of aryl methyl sites for hydroxylation is 1. The van der Waals surface area contributed by atoms with Crippen LogP contribution in [0.1, 0.15) is 39.2 Å². The summed E-state index contributed by atoms with van der Waals surface area (Å²) in [6.45, 7) is 10.7. The van der Waals surface area contributed by atoms with Crippen molar-refractivity contribution < 1.29 is 4.39 Å². The Bertz CT molecular complexity index is 492. The number of hydrogen-bond acceptors (Lipinski definition) is 2. The Balaban J connectivity index is 2.31. The standard InChI is InChI=1S/C17H26BrFN2/c1-5-11(3)16-10-21(13(6-2)9-20-16)17-8-14(18)15(19)7-12(17)4/h7-8,11,13,16,20H,5-6,9-10H2,1-4H3. The minimum Gasteiger partial charge on any atom is -0.365 e. The van der Waals surface area contributed by atoms with E-state index in [1.165, 1.54) is 6.42 Å². The number of hydrogen-bond donors (Lipinski definition) is 1. The highest BCUT2D eigenvalue weighted by Crippen LogP contribution is 2.31. The van der Waals surface area contributed by atoms with Crippen molar-refractivity contribution in [1.29, 1.82) is 0 Å². The lowest BCUT2D eigenvalue weighted by Gasteiger charge is -2.44. The van der Waals surface area contributed by atoms with E-state index in [4.69, 9.17) is 0 Å². The van der Waals surface area contributed by atoms with Gasteiger partial charge in [0.05, 0.1) is 4.47 Å². The van der Waals surface area contributed by atoms with Crippen molar-refractivity contribution in [3.8, 4) is 0 Å². The van der Waals surface area contributed by atoms with E-state index in [9.17, 15) is 4.39 Å². The minimum absolute atomic E-state index is 0.182. The Kier molecular flexibility index (Phi) is 5.67. The predicted octanol–water partition coefficient (Wildman–Crippen LogP) is 4.50. The Hall–Kier alpha value is -0.610. The lowest BCUT2D eigenvalue weighted by Crippen LogP contribution is -2.58. The summed E-state index contributed by atoms with van der Waals surface area (Å²) in [5, 5.41) is 3.69. The van der Waals surface area contributed by atoms with Gasteiger partial charge in [0, 0.05) is 30.9 Å². The van der Waals surface area contributed by atoms with Gasteiger partial charge >= 0.3 is 0 Å². The quantitative estimate of drug-likeness (QED) is 0.854. The molecule has 2 nitrogen and oxygen atoms in total. The van der Waals surface area contributed by atoms with E-state index in [0.29, 0.717) is 22.5 Å². The molecule has 0 aliphatic carbocycles. The van der Waals surface area contributed by atoms with Gasteiger partial charge in [0.15, 0.2) is 0 Å². The summed E-state index contributed by atoms with van der Waals surface area (Å²) < 4.78 is 14.2. The summed E-state index contributed by atoms with van der Waals surface area (Å²) >= 11 is 3.33. The fourth-order valence-corrected chi connectivity index (χ4v) is 3.43. The summed E-state index contributed by atoms with van der Waals surface area (Å²) in [6.07, 6.45) is 2.27. The lowest BCUT2D eigenvalue weighted by atomic mass is 9.94. The summed E-state index contributed by atoms with van der Waals surface area (Å²) in [6, 6.07) is 4.54. The van der Waals surface area contributed by atoms with Gasteiger partial charge in [-0.1, -0.05) is 27.2 Å². The third-order valence-corrected chi connectivity index (χ3v) is 5.41. The largest absolute Gasteiger partial charge is 0.365 e. The molecule has 3 unspecified atom stereocenters. The van der Waals surface area contributed by atoms with Crippen molar-refractivity contribution in [3.63, 3.8) is 0 Å². The molecule has 1 aliphatic heterocycles. The zero-order chi connectivity index (χ0) is 15.6. The molecule has 1 saturated heterocycles. The topological polar surface area (TPSA) is 15.3 Å². The highest BCUT2D eigenvalue weighted by atomic mass is 79.9. The van der Waals surface area contributed by atoms with Crippen LogP contribution in [-0.2, 0) is 0 Å². The van der Waals surface area contributed by atoms with Crippen LogP contribution >= 0.6 is 15.9 Å². The Labute approximate surface area is 136 Å². The van der Waals surface area contributed by atoms with Crippen molar-refractivity contribution >= 4 is 21.6 Å². The molecule has 1 heterocycles. The number of piperazine rings is 1. The SMILES string of the molecule is CCC(C)C1CN(c2cc(Br)c(F)cc2C)C(CC)CN1. The molecule has 21 heavy (non-hydrogen) atoms. The first kappa shape index (κ1) is 16.8. The zero-order valence-corrected chi connectivity index (χ0v) is 15.0. The van der Waals surface area contributed by atoms with E-state index in [0.717, 1.165) is 30.8 Å². The second-order valence-corrected chi connectivity index (χ2v) is 7.02. The smallest absolute Gasteiger partial charge is 0.137 e. The van der Waals surface area contributed by atoms with Crippen LogP contribution in [-0.4, -0.2) is 25.2 Å².